The number of unbranched alkanes of at least 4 members (excludes halogenated alkanes) is 7. The van der Waals surface area contributed by atoms with Gasteiger partial charge in [0.15, 0.2) is 6.29 Å². The fraction of sp³-hybridized carbons (Fsp3) is 0.938. The summed E-state index contributed by atoms with van der Waals surface area (Å²) >= 11 is 0. The lowest BCUT2D eigenvalue weighted by Crippen LogP contribution is -2.18. The Morgan fingerprint density at radius 1 is 0.895 bits per heavy atom. The molecule has 0 amide bonds. The predicted molar refractivity (Wildman–Crippen MR) is 79.0 cm³/mol. The molecule has 0 aliphatic heterocycles. The highest BCUT2D eigenvalue weighted by Gasteiger charge is 2.08. The summed E-state index contributed by atoms with van der Waals surface area (Å²) in [5.41, 5.74) is 0. The lowest BCUT2D eigenvalue weighted by atomic mass is 10.1. The van der Waals surface area contributed by atoms with Gasteiger partial charge in [0.2, 0.25) is 0 Å². The van der Waals surface area contributed by atoms with E-state index in [0.717, 1.165) is 25.7 Å². The van der Waals surface area contributed by atoms with Crippen LogP contribution in [0.1, 0.15) is 85.0 Å². The van der Waals surface area contributed by atoms with E-state index in [1.165, 1.54) is 32.1 Å². The molecule has 0 bridgehead atoms. The molecule has 0 aliphatic carbocycles. The van der Waals surface area contributed by atoms with Crippen LogP contribution in [0.5, 0.6) is 0 Å². The Balaban J connectivity index is 3.33. The fourth-order valence-corrected chi connectivity index (χ4v) is 1.90. The molecule has 1 atom stereocenters. The van der Waals surface area contributed by atoms with Gasteiger partial charge in [-0.1, -0.05) is 58.8 Å². The van der Waals surface area contributed by atoms with Crippen LogP contribution in [-0.2, 0) is 14.3 Å². The molecule has 0 saturated carbocycles. The van der Waals surface area contributed by atoms with Crippen LogP contribution in [0.15, 0.2) is 0 Å². The SMILES string of the molecule is CCCCCCCCCC(=O)OC(C)OCCCC. The molecular weight excluding hydrogens is 240 g/mol. The van der Waals surface area contributed by atoms with Gasteiger partial charge in [-0.25, -0.2) is 0 Å². The van der Waals surface area contributed by atoms with E-state index in [4.69, 9.17) is 9.47 Å². The first kappa shape index (κ1) is 18.4. The lowest BCUT2D eigenvalue weighted by molar-refractivity contribution is -0.175. The van der Waals surface area contributed by atoms with Gasteiger partial charge in [0.25, 0.3) is 0 Å². The normalized spacial score (nSPS) is 12.4. The minimum atomic E-state index is -0.399. The maximum absolute atomic E-state index is 11.5. The molecule has 0 fully saturated rings. The summed E-state index contributed by atoms with van der Waals surface area (Å²) in [4.78, 5) is 11.5. The number of carbonyl (C=O) groups is 1. The van der Waals surface area contributed by atoms with Crippen molar-refractivity contribution >= 4 is 5.97 Å². The standard InChI is InChI=1S/C16H32O3/c1-4-6-8-9-10-11-12-13-16(17)19-15(3)18-14-7-5-2/h15H,4-14H2,1-3H3. The molecule has 1 unspecified atom stereocenters. The van der Waals surface area contributed by atoms with E-state index < -0.39 is 6.29 Å². The van der Waals surface area contributed by atoms with Crippen LogP contribution in [0.2, 0.25) is 0 Å². The van der Waals surface area contributed by atoms with Crippen LogP contribution in [0.25, 0.3) is 0 Å². The molecule has 19 heavy (non-hydrogen) atoms. The number of carbonyl (C=O) groups excluding carboxylic acids is 1. The second-order valence-electron chi connectivity index (χ2n) is 5.15. The third kappa shape index (κ3) is 13.7. The summed E-state index contributed by atoms with van der Waals surface area (Å²) in [6.07, 6.45) is 10.8. The topological polar surface area (TPSA) is 35.5 Å². The Bertz CT molecular complexity index is 204. The van der Waals surface area contributed by atoms with Gasteiger partial charge in [0, 0.05) is 6.42 Å². The average molecular weight is 272 g/mol. The molecule has 0 N–H and O–H groups in total. The van der Waals surface area contributed by atoms with Crippen molar-refractivity contribution in [3.63, 3.8) is 0 Å². The molecule has 3 heteroatoms. The molecule has 0 heterocycles. The van der Waals surface area contributed by atoms with Crippen LogP contribution in [0.3, 0.4) is 0 Å². The van der Waals surface area contributed by atoms with Crippen molar-refractivity contribution in [1.82, 2.24) is 0 Å². The minimum Gasteiger partial charge on any atom is -0.436 e. The van der Waals surface area contributed by atoms with Gasteiger partial charge in [-0.3, -0.25) is 4.79 Å². The van der Waals surface area contributed by atoms with Crippen LogP contribution in [0, 0.1) is 0 Å². The monoisotopic (exact) mass is 272 g/mol. The van der Waals surface area contributed by atoms with Crippen molar-refractivity contribution in [1.29, 1.82) is 0 Å². The van der Waals surface area contributed by atoms with Gasteiger partial charge >= 0.3 is 5.97 Å². The summed E-state index contributed by atoms with van der Waals surface area (Å²) in [5.74, 6) is -0.127. The molecule has 0 aromatic carbocycles. The maximum Gasteiger partial charge on any atom is 0.308 e. The summed E-state index contributed by atoms with van der Waals surface area (Å²) in [6, 6.07) is 0. The third-order valence-electron chi connectivity index (χ3n) is 3.13. The Morgan fingerprint density at radius 3 is 2.11 bits per heavy atom. The summed E-state index contributed by atoms with van der Waals surface area (Å²) in [6.45, 7) is 6.79. The van der Waals surface area contributed by atoms with Gasteiger partial charge in [0.1, 0.15) is 0 Å². The van der Waals surface area contributed by atoms with E-state index in [1.807, 2.05) is 0 Å². The zero-order chi connectivity index (χ0) is 14.3. The minimum absolute atomic E-state index is 0.127. The number of rotatable bonds is 13. The third-order valence-corrected chi connectivity index (χ3v) is 3.13. The van der Waals surface area contributed by atoms with Crippen LogP contribution in [-0.4, -0.2) is 18.9 Å². The van der Waals surface area contributed by atoms with Crippen molar-refractivity contribution in [2.45, 2.75) is 91.3 Å². The molecule has 0 aliphatic rings. The molecule has 0 radical (unpaired) electrons. The van der Waals surface area contributed by atoms with E-state index in [-0.39, 0.29) is 5.97 Å². The van der Waals surface area contributed by atoms with E-state index in [2.05, 4.69) is 13.8 Å². The smallest absolute Gasteiger partial charge is 0.308 e. The Labute approximate surface area is 119 Å². The zero-order valence-corrected chi connectivity index (χ0v) is 13.1. The van der Waals surface area contributed by atoms with E-state index in [1.54, 1.807) is 6.92 Å². The van der Waals surface area contributed by atoms with Crippen molar-refractivity contribution in [3.05, 3.63) is 0 Å². The Morgan fingerprint density at radius 2 is 1.47 bits per heavy atom. The first-order valence-electron chi connectivity index (χ1n) is 8.01. The quantitative estimate of drug-likeness (QED) is 0.273. The highest BCUT2D eigenvalue weighted by Crippen LogP contribution is 2.09. The van der Waals surface area contributed by atoms with Gasteiger partial charge < -0.3 is 9.47 Å². The van der Waals surface area contributed by atoms with Crippen molar-refractivity contribution in [2.24, 2.45) is 0 Å². The molecule has 0 saturated heterocycles. The van der Waals surface area contributed by atoms with Crippen LogP contribution < -0.4 is 0 Å². The van der Waals surface area contributed by atoms with Gasteiger partial charge in [0.05, 0.1) is 6.61 Å². The highest BCUT2D eigenvalue weighted by atomic mass is 16.7. The molecule has 0 aromatic rings. The van der Waals surface area contributed by atoms with Crippen molar-refractivity contribution < 1.29 is 14.3 Å². The second kappa shape index (κ2) is 13.9. The number of ether oxygens (including phenoxy) is 2. The van der Waals surface area contributed by atoms with Crippen molar-refractivity contribution in [2.75, 3.05) is 6.61 Å². The highest BCUT2D eigenvalue weighted by molar-refractivity contribution is 5.69. The number of esters is 1. The summed E-state index contributed by atoms with van der Waals surface area (Å²) < 4.78 is 10.6. The lowest BCUT2D eigenvalue weighted by Gasteiger charge is -2.13. The van der Waals surface area contributed by atoms with Gasteiger partial charge in [-0.2, -0.15) is 0 Å². The Kier molecular flexibility index (Phi) is 13.4. The average Bonchev–Trinajstić information content (AvgIpc) is 2.38. The molecule has 0 aromatic heterocycles. The molecular formula is C16H32O3. The zero-order valence-electron chi connectivity index (χ0n) is 13.1. The number of hydrogen-bond donors (Lipinski definition) is 0. The molecule has 3 nitrogen and oxygen atoms in total. The molecule has 114 valence electrons. The predicted octanol–water partition coefficient (Wildman–Crippen LogP) is 4.83. The van der Waals surface area contributed by atoms with Crippen molar-refractivity contribution in [3.8, 4) is 0 Å². The van der Waals surface area contributed by atoms with E-state index in [9.17, 15) is 4.79 Å². The molecule has 0 spiro atoms. The fourth-order valence-electron chi connectivity index (χ4n) is 1.90. The summed E-state index contributed by atoms with van der Waals surface area (Å²) in [7, 11) is 0. The van der Waals surface area contributed by atoms with Crippen LogP contribution in [0.4, 0.5) is 0 Å². The summed E-state index contributed by atoms with van der Waals surface area (Å²) in [5, 5.41) is 0. The number of hydrogen-bond acceptors (Lipinski definition) is 3. The molecule has 0 rings (SSSR count). The van der Waals surface area contributed by atoms with E-state index in [0.29, 0.717) is 13.0 Å². The second-order valence-corrected chi connectivity index (χ2v) is 5.15. The van der Waals surface area contributed by atoms with Gasteiger partial charge in [-0.15, -0.1) is 0 Å². The van der Waals surface area contributed by atoms with Gasteiger partial charge in [-0.05, 0) is 19.8 Å². The largest absolute Gasteiger partial charge is 0.436 e. The first-order chi connectivity index (χ1) is 9.20. The van der Waals surface area contributed by atoms with E-state index >= 15 is 0 Å². The Hall–Kier alpha value is -0.570. The maximum atomic E-state index is 11.5. The van der Waals surface area contributed by atoms with Crippen LogP contribution >= 0.6 is 0 Å². The first-order valence-corrected chi connectivity index (χ1v) is 8.01.